The minimum absolute atomic E-state index is 0.0457. The van der Waals surface area contributed by atoms with Crippen molar-refractivity contribution in [2.24, 2.45) is 17.6 Å². The van der Waals surface area contributed by atoms with Crippen LogP contribution in [0.3, 0.4) is 0 Å². The fourth-order valence-electron chi connectivity index (χ4n) is 3.53. The van der Waals surface area contributed by atoms with Gasteiger partial charge in [0.2, 0.25) is 11.8 Å². The lowest BCUT2D eigenvalue weighted by Crippen LogP contribution is -2.43. The number of hydrogen-bond donors (Lipinski definition) is 2. The summed E-state index contributed by atoms with van der Waals surface area (Å²) < 4.78 is 5.25. The van der Waals surface area contributed by atoms with Gasteiger partial charge in [-0.3, -0.25) is 9.59 Å². The molecular formula is C19H29N3O3. The Kier molecular flexibility index (Phi) is 7.25. The number of ether oxygens (including phenoxy) is 1. The molecule has 1 aromatic rings. The Hall–Kier alpha value is -2.08. The molecule has 0 aromatic heterocycles. The van der Waals surface area contributed by atoms with Crippen LogP contribution in [-0.4, -0.2) is 43.5 Å². The number of nitrogens with zero attached hydrogens (tertiary/aromatic N) is 1. The minimum atomic E-state index is -0.214. The molecule has 6 heteroatoms. The number of amides is 2. The van der Waals surface area contributed by atoms with Gasteiger partial charge in [-0.15, -0.1) is 0 Å². The number of nitrogens with two attached hydrogens (primary N) is 1. The molecule has 1 saturated carbocycles. The van der Waals surface area contributed by atoms with Crippen LogP contribution in [0.5, 0.6) is 5.75 Å². The Bertz CT molecular complexity index is 591. The summed E-state index contributed by atoms with van der Waals surface area (Å²) in [5, 5.41) is 2.84. The van der Waals surface area contributed by atoms with Gasteiger partial charge in [-0.25, -0.2) is 0 Å². The van der Waals surface area contributed by atoms with E-state index in [1.54, 1.807) is 24.1 Å². The van der Waals surface area contributed by atoms with E-state index in [1.807, 2.05) is 19.1 Å². The number of nitrogens with one attached hydrogen (secondary N) is 1. The highest BCUT2D eigenvalue weighted by Gasteiger charge is 2.35. The van der Waals surface area contributed by atoms with Gasteiger partial charge in [0, 0.05) is 12.5 Å². The minimum Gasteiger partial charge on any atom is -0.495 e. The number of methoxy groups -OCH3 is 1. The number of para-hydroxylation sites is 2. The Labute approximate surface area is 149 Å². The number of carbonyl (C=O) groups is 2. The highest BCUT2D eigenvalue weighted by Crippen LogP contribution is 2.32. The Morgan fingerprint density at radius 2 is 2.08 bits per heavy atom. The third kappa shape index (κ3) is 4.95. The van der Waals surface area contributed by atoms with Gasteiger partial charge in [0.15, 0.2) is 0 Å². The van der Waals surface area contributed by atoms with Crippen molar-refractivity contribution in [3.63, 3.8) is 0 Å². The van der Waals surface area contributed by atoms with Gasteiger partial charge in [-0.05, 0) is 43.9 Å². The number of hydrogen-bond acceptors (Lipinski definition) is 4. The van der Waals surface area contributed by atoms with E-state index in [0.29, 0.717) is 24.5 Å². The smallest absolute Gasteiger partial charge is 0.244 e. The molecule has 1 aliphatic rings. The lowest BCUT2D eigenvalue weighted by molar-refractivity contribution is -0.139. The summed E-state index contributed by atoms with van der Waals surface area (Å²) in [5.74, 6) is 0.640. The van der Waals surface area contributed by atoms with Gasteiger partial charge in [-0.2, -0.15) is 0 Å². The fraction of sp³-hybridized carbons (Fsp3) is 0.579. The zero-order valence-corrected chi connectivity index (χ0v) is 15.2. The Morgan fingerprint density at radius 3 is 2.76 bits per heavy atom. The molecule has 0 aliphatic heterocycles. The average molecular weight is 347 g/mol. The number of benzene rings is 1. The van der Waals surface area contributed by atoms with Crippen molar-refractivity contribution < 1.29 is 14.3 Å². The molecule has 1 fully saturated rings. The Balaban J connectivity index is 2.02. The van der Waals surface area contributed by atoms with Crippen LogP contribution < -0.4 is 15.8 Å². The van der Waals surface area contributed by atoms with Gasteiger partial charge in [-0.1, -0.05) is 25.5 Å². The van der Waals surface area contributed by atoms with Gasteiger partial charge in [0.05, 0.1) is 19.3 Å². The SMILES string of the molecule is CCCN(CC(=O)Nc1ccccc1OC)C(=O)[C@@H]1CCC[C@@H]1CN. The van der Waals surface area contributed by atoms with E-state index < -0.39 is 0 Å². The standard InChI is InChI=1S/C19H29N3O3/c1-3-11-22(19(24)15-8-6-7-14(15)12-20)13-18(23)21-16-9-4-5-10-17(16)25-2/h4-5,9-10,14-15H,3,6-8,11-13,20H2,1-2H3,(H,21,23)/t14-,15-/m1/s1. The summed E-state index contributed by atoms with van der Waals surface area (Å²) >= 11 is 0. The predicted molar refractivity (Wildman–Crippen MR) is 98.4 cm³/mol. The molecule has 3 N–H and O–H groups in total. The monoisotopic (exact) mass is 347 g/mol. The van der Waals surface area contributed by atoms with Crippen LogP contribution in [0.1, 0.15) is 32.6 Å². The molecule has 25 heavy (non-hydrogen) atoms. The zero-order chi connectivity index (χ0) is 18.2. The topological polar surface area (TPSA) is 84.7 Å². The fourth-order valence-corrected chi connectivity index (χ4v) is 3.53. The Morgan fingerprint density at radius 1 is 1.32 bits per heavy atom. The second-order valence-corrected chi connectivity index (χ2v) is 6.54. The van der Waals surface area contributed by atoms with Gasteiger partial charge in [0.25, 0.3) is 0 Å². The van der Waals surface area contributed by atoms with E-state index in [-0.39, 0.29) is 30.2 Å². The molecule has 2 amide bonds. The molecule has 1 aliphatic carbocycles. The van der Waals surface area contributed by atoms with Crippen molar-refractivity contribution in [1.29, 1.82) is 0 Å². The first-order valence-corrected chi connectivity index (χ1v) is 9.02. The summed E-state index contributed by atoms with van der Waals surface area (Å²) in [7, 11) is 1.56. The number of anilines is 1. The van der Waals surface area contributed by atoms with E-state index in [2.05, 4.69) is 5.32 Å². The lowest BCUT2D eigenvalue weighted by atomic mass is 9.94. The second-order valence-electron chi connectivity index (χ2n) is 6.54. The molecule has 6 nitrogen and oxygen atoms in total. The third-order valence-corrected chi connectivity index (χ3v) is 4.80. The maximum absolute atomic E-state index is 12.9. The molecular weight excluding hydrogens is 318 g/mol. The van der Waals surface area contributed by atoms with Crippen molar-refractivity contribution in [1.82, 2.24) is 4.90 Å². The molecule has 0 radical (unpaired) electrons. The summed E-state index contributed by atoms with van der Waals surface area (Å²) in [6.45, 7) is 3.17. The van der Waals surface area contributed by atoms with E-state index in [0.717, 1.165) is 25.7 Å². The van der Waals surface area contributed by atoms with Crippen molar-refractivity contribution in [3.8, 4) is 5.75 Å². The first kappa shape index (κ1) is 19.2. The maximum Gasteiger partial charge on any atom is 0.244 e. The van der Waals surface area contributed by atoms with Crippen LogP contribution in [0.15, 0.2) is 24.3 Å². The summed E-state index contributed by atoms with van der Waals surface area (Å²) in [4.78, 5) is 27.0. The molecule has 0 bridgehead atoms. The maximum atomic E-state index is 12.9. The summed E-state index contributed by atoms with van der Waals surface area (Å²) in [6.07, 6.45) is 3.72. The quantitative estimate of drug-likeness (QED) is 0.755. The highest BCUT2D eigenvalue weighted by molar-refractivity contribution is 5.96. The molecule has 138 valence electrons. The van der Waals surface area contributed by atoms with Gasteiger partial charge in [0.1, 0.15) is 5.75 Å². The molecule has 0 spiro atoms. The lowest BCUT2D eigenvalue weighted by Gasteiger charge is -2.27. The summed E-state index contributed by atoms with van der Waals surface area (Å²) in [5.41, 5.74) is 6.42. The van der Waals surface area contributed by atoms with E-state index in [4.69, 9.17) is 10.5 Å². The summed E-state index contributed by atoms with van der Waals surface area (Å²) in [6, 6.07) is 7.24. The first-order chi connectivity index (χ1) is 12.1. The van der Waals surface area contributed by atoms with Crippen LogP contribution in [-0.2, 0) is 9.59 Å². The predicted octanol–water partition coefficient (Wildman–Crippen LogP) is 2.25. The van der Waals surface area contributed by atoms with Crippen LogP contribution >= 0.6 is 0 Å². The van der Waals surface area contributed by atoms with Crippen molar-refractivity contribution in [2.45, 2.75) is 32.6 Å². The van der Waals surface area contributed by atoms with Crippen LogP contribution in [0.25, 0.3) is 0 Å². The highest BCUT2D eigenvalue weighted by atomic mass is 16.5. The van der Waals surface area contributed by atoms with E-state index in [9.17, 15) is 9.59 Å². The molecule has 2 atom stereocenters. The number of carbonyl (C=O) groups excluding carboxylic acids is 2. The van der Waals surface area contributed by atoms with Crippen molar-refractivity contribution in [2.75, 3.05) is 32.1 Å². The van der Waals surface area contributed by atoms with E-state index >= 15 is 0 Å². The normalized spacial score (nSPS) is 19.5. The van der Waals surface area contributed by atoms with Crippen LogP contribution in [0, 0.1) is 11.8 Å². The first-order valence-electron chi connectivity index (χ1n) is 9.02. The zero-order valence-electron chi connectivity index (χ0n) is 15.2. The van der Waals surface area contributed by atoms with Gasteiger partial charge >= 0.3 is 0 Å². The van der Waals surface area contributed by atoms with Crippen molar-refractivity contribution >= 4 is 17.5 Å². The van der Waals surface area contributed by atoms with Crippen molar-refractivity contribution in [3.05, 3.63) is 24.3 Å². The number of rotatable bonds is 8. The third-order valence-electron chi connectivity index (χ3n) is 4.80. The van der Waals surface area contributed by atoms with Gasteiger partial charge < -0.3 is 20.7 Å². The second kappa shape index (κ2) is 9.42. The van der Waals surface area contributed by atoms with Crippen LogP contribution in [0.2, 0.25) is 0 Å². The molecule has 0 unspecified atom stereocenters. The largest absolute Gasteiger partial charge is 0.495 e. The average Bonchev–Trinajstić information content (AvgIpc) is 3.10. The molecule has 1 aromatic carbocycles. The molecule has 2 rings (SSSR count). The molecule has 0 saturated heterocycles. The molecule has 0 heterocycles. The van der Waals surface area contributed by atoms with Crippen LogP contribution in [0.4, 0.5) is 5.69 Å². The van der Waals surface area contributed by atoms with E-state index in [1.165, 1.54) is 0 Å².